The molecule has 2 rings (SSSR count). The Morgan fingerprint density at radius 2 is 1.74 bits per heavy atom. The number of carbonyl (C=O) groups excluding carboxylic acids is 2. The number of sulfonamides is 1. The first kappa shape index (κ1) is 27.1. The van der Waals surface area contributed by atoms with Crippen LogP contribution in [-0.4, -0.2) is 57.1 Å². The molecule has 1 N–H and O–H groups in total. The number of nitrogens with zero attached hydrogens (tertiary/aromatic N) is 2. The van der Waals surface area contributed by atoms with Gasteiger partial charge < -0.3 is 15.0 Å². The van der Waals surface area contributed by atoms with E-state index in [1.54, 1.807) is 18.2 Å². The summed E-state index contributed by atoms with van der Waals surface area (Å²) in [5, 5.41) is 2.73. The zero-order valence-corrected chi connectivity index (χ0v) is 20.8. The third kappa shape index (κ3) is 7.44. The molecule has 0 bridgehead atoms. The van der Waals surface area contributed by atoms with E-state index < -0.39 is 40.2 Å². The number of amides is 2. The summed E-state index contributed by atoms with van der Waals surface area (Å²) in [6.45, 7) is 5.40. The van der Waals surface area contributed by atoms with Gasteiger partial charge in [0.05, 0.1) is 18.6 Å². The van der Waals surface area contributed by atoms with Crippen LogP contribution in [-0.2, 0) is 26.2 Å². The number of hydrogen-bond acceptors (Lipinski definition) is 5. The monoisotopic (exact) mass is 493 g/mol. The molecule has 0 fully saturated rings. The van der Waals surface area contributed by atoms with E-state index in [1.807, 2.05) is 13.8 Å². The third-order valence-corrected chi connectivity index (χ3v) is 6.27. The molecule has 2 aromatic carbocycles. The minimum Gasteiger partial charge on any atom is -0.494 e. The van der Waals surface area contributed by atoms with Gasteiger partial charge in [-0.15, -0.1) is 0 Å². The van der Waals surface area contributed by atoms with E-state index in [9.17, 15) is 22.4 Å². The lowest BCUT2D eigenvalue weighted by Crippen LogP contribution is -2.51. The van der Waals surface area contributed by atoms with Crippen LogP contribution in [0.4, 0.5) is 10.1 Å². The molecular formula is C24H32FN3O5S. The van der Waals surface area contributed by atoms with E-state index in [2.05, 4.69) is 5.32 Å². The van der Waals surface area contributed by atoms with E-state index in [0.29, 0.717) is 25.3 Å². The number of hydrogen-bond donors (Lipinski definition) is 1. The first-order valence-electron chi connectivity index (χ1n) is 11.1. The van der Waals surface area contributed by atoms with Gasteiger partial charge in [-0.3, -0.25) is 13.9 Å². The molecule has 0 aromatic heterocycles. The van der Waals surface area contributed by atoms with Crippen LogP contribution in [0.15, 0.2) is 48.5 Å². The SMILES string of the molecule is CCCNC(=O)[C@@H](C)N(Cc1ccccc1F)C(=O)CN(c1ccc(OCC)cc1)S(C)(=O)=O. The van der Waals surface area contributed by atoms with Crippen LogP contribution < -0.4 is 14.4 Å². The van der Waals surface area contributed by atoms with Gasteiger partial charge in [-0.2, -0.15) is 0 Å². The molecule has 0 aliphatic carbocycles. The van der Waals surface area contributed by atoms with E-state index in [4.69, 9.17) is 4.74 Å². The van der Waals surface area contributed by atoms with Gasteiger partial charge in [0.2, 0.25) is 21.8 Å². The highest BCUT2D eigenvalue weighted by molar-refractivity contribution is 7.92. The van der Waals surface area contributed by atoms with Gasteiger partial charge in [0.1, 0.15) is 24.2 Å². The van der Waals surface area contributed by atoms with Gasteiger partial charge in [0.25, 0.3) is 0 Å². The summed E-state index contributed by atoms with van der Waals surface area (Å²) < 4.78 is 45.8. The summed E-state index contributed by atoms with van der Waals surface area (Å²) in [5.41, 5.74) is 0.492. The molecule has 2 aromatic rings. The Bertz CT molecular complexity index is 1080. The number of rotatable bonds is 12. The zero-order chi connectivity index (χ0) is 25.3. The summed E-state index contributed by atoms with van der Waals surface area (Å²) in [6.07, 6.45) is 1.70. The molecule has 34 heavy (non-hydrogen) atoms. The molecule has 10 heteroatoms. The average Bonchev–Trinajstić information content (AvgIpc) is 2.80. The van der Waals surface area contributed by atoms with Gasteiger partial charge >= 0.3 is 0 Å². The number of benzene rings is 2. The third-order valence-electron chi connectivity index (χ3n) is 5.13. The van der Waals surface area contributed by atoms with Gasteiger partial charge in [-0.25, -0.2) is 12.8 Å². The fourth-order valence-electron chi connectivity index (χ4n) is 3.28. The van der Waals surface area contributed by atoms with Crippen LogP contribution in [0.5, 0.6) is 5.75 Å². The molecule has 0 aliphatic heterocycles. The maximum atomic E-state index is 14.3. The van der Waals surface area contributed by atoms with Gasteiger partial charge in [-0.05, 0) is 50.6 Å². The fourth-order valence-corrected chi connectivity index (χ4v) is 4.13. The number of carbonyl (C=O) groups is 2. The minimum atomic E-state index is -3.84. The first-order valence-corrected chi connectivity index (χ1v) is 12.9. The maximum Gasteiger partial charge on any atom is 0.244 e. The van der Waals surface area contributed by atoms with Crippen molar-refractivity contribution in [1.29, 1.82) is 0 Å². The summed E-state index contributed by atoms with van der Waals surface area (Å²) in [7, 11) is -3.84. The molecule has 0 saturated carbocycles. The molecular weight excluding hydrogens is 461 g/mol. The van der Waals surface area contributed by atoms with Crippen molar-refractivity contribution in [3.8, 4) is 5.75 Å². The second-order valence-electron chi connectivity index (χ2n) is 7.78. The van der Waals surface area contributed by atoms with Crippen LogP contribution in [0.2, 0.25) is 0 Å². The lowest BCUT2D eigenvalue weighted by atomic mass is 10.1. The molecule has 0 unspecified atom stereocenters. The Labute approximate surface area is 200 Å². The van der Waals surface area contributed by atoms with E-state index in [0.717, 1.165) is 10.6 Å². The van der Waals surface area contributed by atoms with Crippen molar-refractivity contribution in [1.82, 2.24) is 10.2 Å². The van der Waals surface area contributed by atoms with Crippen molar-refractivity contribution in [3.63, 3.8) is 0 Å². The number of halogens is 1. The number of nitrogens with one attached hydrogen (secondary N) is 1. The highest BCUT2D eigenvalue weighted by Crippen LogP contribution is 2.22. The number of anilines is 1. The Kier molecular flexibility index (Phi) is 9.85. The van der Waals surface area contributed by atoms with E-state index >= 15 is 0 Å². The van der Waals surface area contributed by atoms with Crippen LogP contribution >= 0.6 is 0 Å². The predicted molar refractivity (Wildman–Crippen MR) is 130 cm³/mol. The van der Waals surface area contributed by atoms with Crippen molar-refractivity contribution in [2.45, 2.75) is 39.8 Å². The predicted octanol–water partition coefficient (Wildman–Crippen LogP) is 2.93. The molecule has 0 aliphatic rings. The van der Waals surface area contributed by atoms with Crippen LogP contribution in [0.3, 0.4) is 0 Å². The summed E-state index contributed by atoms with van der Waals surface area (Å²) >= 11 is 0. The Hall–Kier alpha value is -3.14. The van der Waals surface area contributed by atoms with Gasteiger partial charge in [0, 0.05) is 18.7 Å². The fraction of sp³-hybridized carbons (Fsp3) is 0.417. The van der Waals surface area contributed by atoms with Crippen molar-refractivity contribution < 1.29 is 27.1 Å². The largest absolute Gasteiger partial charge is 0.494 e. The summed E-state index contributed by atoms with van der Waals surface area (Å²) in [4.78, 5) is 27.2. The molecule has 8 nitrogen and oxygen atoms in total. The zero-order valence-electron chi connectivity index (χ0n) is 20.0. The topological polar surface area (TPSA) is 96.0 Å². The Morgan fingerprint density at radius 1 is 1.09 bits per heavy atom. The molecule has 1 atom stereocenters. The lowest BCUT2D eigenvalue weighted by Gasteiger charge is -2.31. The maximum absolute atomic E-state index is 14.3. The Balaban J connectivity index is 2.36. The summed E-state index contributed by atoms with van der Waals surface area (Å²) in [5.74, 6) is -0.999. The standard InChI is InChI=1S/C24H32FN3O5S/c1-5-15-26-24(30)18(3)27(16-19-9-7-8-10-22(19)25)23(29)17-28(34(4,31)32)20-11-13-21(14-12-20)33-6-2/h7-14,18H,5-6,15-17H2,1-4H3,(H,26,30)/t18-/m1/s1. The second-order valence-corrected chi connectivity index (χ2v) is 9.68. The minimum absolute atomic E-state index is 0.187. The van der Waals surface area contributed by atoms with Crippen molar-refractivity contribution in [2.75, 3.05) is 30.3 Å². The van der Waals surface area contributed by atoms with Crippen molar-refractivity contribution in [3.05, 3.63) is 59.9 Å². The van der Waals surface area contributed by atoms with Crippen molar-refractivity contribution >= 4 is 27.5 Å². The van der Waals surface area contributed by atoms with Crippen LogP contribution in [0.25, 0.3) is 0 Å². The van der Waals surface area contributed by atoms with E-state index in [1.165, 1.54) is 42.2 Å². The van der Waals surface area contributed by atoms with Crippen LogP contribution in [0.1, 0.15) is 32.8 Å². The molecule has 0 radical (unpaired) electrons. The van der Waals surface area contributed by atoms with Gasteiger partial charge in [0.15, 0.2) is 0 Å². The second kappa shape index (κ2) is 12.4. The molecule has 0 saturated heterocycles. The molecule has 186 valence electrons. The highest BCUT2D eigenvalue weighted by Gasteiger charge is 2.30. The highest BCUT2D eigenvalue weighted by atomic mass is 32.2. The summed E-state index contributed by atoms with van der Waals surface area (Å²) in [6, 6.07) is 11.3. The average molecular weight is 494 g/mol. The number of ether oxygens (including phenoxy) is 1. The lowest BCUT2D eigenvalue weighted by molar-refractivity contribution is -0.139. The Morgan fingerprint density at radius 3 is 2.29 bits per heavy atom. The molecule has 0 heterocycles. The van der Waals surface area contributed by atoms with E-state index in [-0.39, 0.29) is 17.8 Å². The molecule has 2 amide bonds. The van der Waals surface area contributed by atoms with Gasteiger partial charge in [-0.1, -0.05) is 25.1 Å². The quantitative estimate of drug-likeness (QED) is 0.491. The normalized spacial score (nSPS) is 12.0. The first-order chi connectivity index (χ1) is 16.1. The van der Waals surface area contributed by atoms with Crippen molar-refractivity contribution in [2.24, 2.45) is 0 Å². The smallest absolute Gasteiger partial charge is 0.244 e. The van der Waals surface area contributed by atoms with Crippen LogP contribution in [0, 0.1) is 5.82 Å². The molecule has 0 spiro atoms.